The number of anilines is 1. The SMILES string of the molecule is C=C1C=CC(c2ncnc(NCc3ccc(C(/C=C\C)=C/C(C)=C/CC)cc3)c2C)=CN1/C=C\CCC. The summed E-state index contributed by atoms with van der Waals surface area (Å²) in [5, 5.41) is 3.51. The second-order valence-electron chi connectivity index (χ2n) is 9.19. The third-order valence-corrected chi connectivity index (χ3v) is 6.15. The fraction of sp³-hybridized carbons (Fsp3) is 0.273. The van der Waals surface area contributed by atoms with Crippen molar-refractivity contribution in [3.05, 3.63) is 126 Å². The highest BCUT2D eigenvalue weighted by atomic mass is 15.1. The van der Waals surface area contributed by atoms with E-state index < -0.39 is 0 Å². The first-order valence-electron chi connectivity index (χ1n) is 13.2. The number of rotatable bonds is 11. The summed E-state index contributed by atoms with van der Waals surface area (Å²) >= 11 is 0. The van der Waals surface area contributed by atoms with Gasteiger partial charge in [-0.2, -0.15) is 0 Å². The number of nitrogens with one attached hydrogen (secondary N) is 1. The van der Waals surface area contributed by atoms with E-state index in [1.165, 1.54) is 22.3 Å². The van der Waals surface area contributed by atoms with Crippen LogP contribution < -0.4 is 5.32 Å². The largest absolute Gasteiger partial charge is 0.366 e. The first-order valence-corrected chi connectivity index (χ1v) is 13.2. The highest BCUT2D eigenvalue weighted by molar-refractivity contribution is 5.78. The number of allylic oxidation sites excluding steroid dienone is 10. The summed E-state index contributed by atoms with van der Waals surface area (Å²) in [4.78, 5) is 11.2. The second kappa shape index (κ2) is 14.0. The number of hydrogen-bond donors (Lipinski definition) is 1. The van der Waals surface area contributed by atoms with Crippen LogP contribution in [-0.2, 0) is 6.54 Å². The van der Waals surface area contributed by atoms with Gasteiger partial charge in [-0.25, -0.2) is 9.97 Å². The zero-order chi connectivity index (χ0) is 26.6. The highest BCUT2D eigenvalue weighted by Gasteiger charge is 2.14. The predicted octanol–water partition coefficient (Wildman–Crippen LogP) is 8.75. The Morgan fingerprint density at radius 1 is 1.11 bits per heavy atom. The molecule has 0 saturated carbocycles. The monoisotopic (exact) mass is 492 g/mol. The van der Waals surface area contributed by atoms with Crippen LogP contribution in [0.25, 0.3) is 11.1 Å². The van der Waals surface area contributed by atoms with E-state index in [1.54, 1.807) is 6.33 Å². The first-order chi connectivity index (χ1) is 18.0. The van der Waals surface area contributed by atoms with Crippen molar-refractivity contribution in [2.24, 2.45) is 0 Å². The average molecular weight is 493 g/mol. The Kier molecular flexibility index (Phi) is 10.5. The molecule has 37 heavy (non-hydrogen) atoms. The van der Waals surface area contributed by atoms with E-state index in [4.69, 9.17) is 0 Å². The Morgan fingerprint density at radius 3 is 2.59 bits per heavy atom. The van der Waals surface area contributed by atoms with Gasteiger partial charge in [0.25, 0.3) is 0 Å². The molecule has 0 saturated heterocycles. The van der Waals surface area contributed by atoms with Crippen molar-refractivity contribution in [1.29, 1.82) is 0 Å². The zero-order valence-corrected chi connectivity index (χ0v) is 23.0. The van der Waals surface area contributed by atoms with Gasteiger partial charge in [0, 0.05) is 35.8 Å². The van der Waals surface area contributed by atoms with Crippen LogP contribution in [-0.4, -0.2) is 14.9 Å². The van der Waals surface area contributed by atoms with Crippen LogP contribution >= 0.6 is 0 Å². The van der Waals surface area contributed by atoms with Crippen LogP contribution in [0.15, 0.2) is 103 Å². The molecule has 4 nitrogen and oxygen atoms in total. The van der Waals surface area contributed by atoms with Gasteiger partial charge < -0.3 is 10.2 Å². The lowest BCUT2D eigenvalue weighted by molar-refractivity contribution is 0.646. The van der Waals surface area contributed by atoms with Gasteiger partial charge in [0.05, 0.1) is 5.69 Å². The van der Waals surface area contributed by atoms with Gasteiger partial charge >= 0.3 is 0 Å². The summed E-state index contributed by atoms with van der Waals surface area (Å²) in [6, 6.07) is 8.72. The lowest BCUT2D eigenvalue weighted by atomic mass is 10.0. The van der Waals surface area contributed by atoms with E-state index in [0.29, 0.717) is 6.54 Å². The van der Waals surface area contributed by atoms with Crippen LogP contribution in [0, 0.1) is 6.92 Å². The number of aromatic nitrogens is 2. The molecule has 0 bridgehead atoms. The van der Waals surface area contributed by atoms with E-state index >= 15 is 0 Å². The summed E-state index contributed by atoms with van der Waals surface area (Å²) in [5.41, 5.74) is 8.83. The third-order valence-electron chi connectivity index (χ3n) is 6.15. The molecule has 1 aliphatic rings. The maximum absolute atomic E-state index is 4.59. The van der Waals surface area contributed by atoms with Crippen molar-refractivity contribution in [3.63, 3.8) is 0 Å². The van der Waals surface area contributed by atoms with Crippen LogP contribution in [0.2, 0.25) is 0 Å². The molecular weight excluding hydrogens is 452 g/mol. The Morgan fingerprint density at radius 2 is 1.89 bits per heavy atom. The quantitative estimate of drug-likeness (QED) is 0.318. The zero-order valence-electron chi connectivity index (χ0n) is 23.0. The van der Waals surface area contributed by atoms with E-state index in [1.807, 2.05) is 6.08 Å². The number of benzene rings is 1. The fourth-order valence-corrected chi connectivity index (χ4v) is 4.14. The first kappa shape index (κ1) is 27.7. The molecule has 0 atom stereocenters. The fourth-order valence-electron chi connectivity index (χ4n) is 4.14. The van der Waals surface area contributed by atoms with Gasteiger partial charge in [0.2, 0.25) is 0 Å². The molecule has 0 amide bonds. The molecule has 0 unspecified atom stereocenters. The number of nitrogens with zero attached hydrogens (tertiary/aromatic N) is 3. The van der Waals surface area contributed by atoms with E-state index in [0.717, 1.165) is 47.6 Å². The van der Waals surface area contributed by atoms with Gasteiger partial charge in [-0.05, 0) is 62.5 Å². The normalized spacial score (nSPS) is 14.7. The Bertz CT molecular complexity index is 1250. The van der Waals surface area contributed by atoms with Crippen LogP contribution in [0.1, 0.15) is 69.3 Å². The van der Waals surface area contributed by atoms with Gasteiger partial charge in [-0.3, -0.25) is 0 Å². The van der Waals surface area contributed by atoms with Crippen molar-refractivity contribution in [1.82, 2.24) is 14.9 Å². The van der Waals surface area contributed by atoms with Crippen molar-refractivity contribution < 1.29 is 0 Å². The van der Waals surface area contributed by atoms with E-state index in [9.17, 15) is 0 Å². The molecule has 1 aromatic carbocycles. The second-order valence-corrected chi connectivity index (χ2v) is 9.19. The maximum Gasteiger partial charge on any atom is 0.133 e. The maximum atomic E-state index is 4.59. The van der Waals surface area contributed by atoms with E-state index in [2.05, 4.69) is 135 Å². The molecule has 0 fully saturated rings. The smallest absolute Gasteiger partial charge is 0.133 e. The molecule has 4 heteroatoms. The molecule has 0 radical (unpaired) electrons. The Balaban J connectivity index is 1.75. The average Bonchev–Trinajstić information content (AvgIpc) is 2.90. The molecule has 1 N–H and O–H groups in total. The van der Waals surface area contributed by atoms with Crippen LogP contribution in [0.4, 0.5) is 5.82 Å². The van der Waals surface area contributed by atoms with Crippen LogP contribution in [0.3, 0.4) is 0 Å². The molecule has 2 aromatic rings. The molecule has 0 aliphatic carbocycles. The minimum absolute atomic E-state index is 0.687. The molecule has 2 heterocycles. The minimum Gasteiger partial charge on any atom is -0.366 e. The number of hydrogen-bond acceptors (Lipinski definition) is 4. The summed E-state index contributed by atoms with van der Waals surface area (Å²) in [7, 11) is 0. The van der Waals surface area contributed by atoms with Crippen LogP contribution in [0.5, 0.6) is 0 Å². The van der Waals surface area contributed by atoms with Crippen molar-refractivity contribution in [3.8, 4) is 0 Å². The van der Waals surface area contributed by atoms with Crippen molar-refractivity contribution in [2.75, 3.05) is 5.32 Å². The number of unbranched alkanes of at least 4 members (excludes halogenated alkanes) is 1. The Hall–Kier alpha value is -3.92. The summed E-state index contributed by atoms with van der Waals surface area (Å²) < 4.78 is 0. The van der Waals surface area contributed by atoms with Gasteiger partial charge in [-0.1, -0.05) is 87.1 Å². The predicted molar refractivity (Wildman–Crippen MR) is 160 cm³/mol. The highest BCUT2D eigenvalue weighted by Crippen LogP contribution is 2.28. The summed E-state index contributed by atoms with van der Waals surface area (Å²) in [6.45, 7) is 15.4. The summed E-state index contributed by atoms with van der Waals surface area (Å²) in [6.07, 6.45) is 24.0. The third kappa shape index (κ3) is 7.78. The van der Waals surface area contributed by atoms with Crippen molar-refractivity contribution in [2.45, 2.75) is 60.4 Å². The van der Waals surface area contributed by atoms with Gasteiger partial charge in [0.1, 0.15) is 12.1 Å². The van der Waals surface area contributed by atoms with Gasteiger partial charge in [-0.15, -0.1) is 0 Å². The summed E-state index contributed by atoms with van der Waals surface area (Å²) in [5.74, 6) is 0.843. The molecule has 1 aliphatic heterocycles. The molecule has 1 aromatic heterocycles. The molecule has 192 valence electrons. The minimum atomic E-state index is 0.687. The molecule has 3 rings (SSSR count). The van der Waals surface area contributed by atoms with E-state index in [-0.39, 0.29) is 0 Å². The Labute approximate surface area is 223 Å². The van der Waals surface area contributed by atoms with Gasteiger partial charge in [0.15, 0.2) is 0 Å². The standard InChI is InChI=1S/C33H40N4/c1-7-10-11-20-37-23-31(17-14-26(37)5)32-27(6)33(36-24-35-32)34-22-28-15-18-29(19-16-28)30(13-9-3)21-25(4)12-8-2/h9,11-21,23-24H,5,7-8,10,22H2,1-4,6H3,(H,34,35,36)/b13-9-,20-11-,25-12+,30-21+. The topological polar surface area (TPSA) is 41.1 Å². The lowest BCUT2D eigenvalue weighted by Gasteiger charge is -2.22. The van der Waals surface area contributed by atoms with Crippen molar-refractivity contribution >= 4 is 17.0 Å². The molecular formula is C33H40N4. The lowest BCUT2D eigenvalue weighted by Crippen LogP contribution is -2.12. The molecule has 0 spiro atoms.